The second-order valence-electron chi connectivity index (χ2n) is 4.17. The van der Waals surface area contributed by atoms with Gasteiger partial charge in [-0.1, -0.05) is 56.1 Å². The quantitative estimate of drug-likeness (QED) is 0.851. The smallest absolute Gasteiger partial charge is 0.0629 e. The molecule has 0 amide bonds. The molecule has 3 heteroatoms. The van der Waals surface area contributed by atoms with Gasteiger partial charge in [-0.05, 0) is 17.5 Å². The Hall–Kier alpha value is -0.240. The van der Waals surface area contributed by atoms with Crippen LogP contribution in [0.25, 0.3) is 0 Å². The maximum atomic E-state index is 9.96. The first-order chi connectivity index (χ1) is 6.95. The molecular formula is C12H16Cl2O. The van der Waals surface area contributed by atoms with Gasteiger partial charge in [0.2, 0.25) is 0 Å². The van der Waals surface area contributed by atoms with Crippen LogP contribution in [0.5, 0.6) is 0 Å². The number of benzene rings is 1. The van der Waals surface area contributed by atoms with Crippen LogP contribution in [0.2, 0.25) is 10.0 Å². The van der Waals surface area contributed by atoms with Crippen molar-refractivity contribution in [2.45, 2.75) is 32.8 Å². The standard InChI is InChI=1S/C12H16Cl2O/c1-7(2)12(15)8(3)9-5-4-6-10(13)11(9)14/h4-8,12,15H,1-3H3. The highest BCUT2D eigenvalue weighted by molar-refractivity contribution is 6.42. The molecule has 1 N–H and O–H groups in total. The molecule has 0 spiro atoms. The molecule has 0 fully saturated rings. The Morgan fingerprint density at radius 3 is 2.27 bits per heavy atom. The second-order valence-corrected chi connectivity index (χ2v) is 4.95. The molecule has 0 aliphatic rings. The van der Waals surface area contributed by atoms with Crippen LogP contribution in [-0.4, -0.2) is 11.2 Å². The fourth-order valence-corrected chi connectivity index (χ4v) is 2.11. The van der Waals surface area contributed by atoms with Crippen molar-refractivity contribution in [3.8, 4) is 0 Å². The van der Waals surface area contributed by atoms with Crippen molar-refractivity contribution in [2.75, 3.05) is 0 Å². The summed E-state index contributed by atoms with van der Waals surface area (Å²) in [5.41, 5.74) is 0.908. The summed E-state index contributed by atoms with van der Waals surface area (Å²) in [6.45, 7) is 5.93. The number of hydrogen-bond donors (Lipinski definition) is 1. The van der Waals surface area contributed by atoms with Crippen LogP contribution < -0.4 is 0 Å². The first-order valence-electron chi connectivity index (χ1n) is 5.07. The van der Waals surface area contributed by atoms with E-state index in [1.807, 2.05) is 32.9 Å². The molecular weight excluding hydrogens is 231 g/mol. The van der Waals surface area contributed by atoms with Crippen LogP contribution in [0, 0.1) is 5.92 Å². The molecule has 2 atom stereocenters. The molecule has 0 aromatic heterocycles. The summed E-state index contributed by atoms with van der Waals surface area (Å²) >= 11 is 12.0. The molecule has 0 saturated heterocycles. The van der Waals surface area contributed by atoms with E-state index >= 15 is 0 Å². The van der Waals surface area contributed by atoms with E-state index in [1.165, 1.54) is 0 Å². The van der Waals surface area contributed by atoms with E-state index in [4.69, 9.17) is 23.2 Å². The Balaban J connectivity index is 3.01. The lowest BCUT2D eigenvalue weighted by atomic mass is 9.89. The summed E-state index contributed by atoms with van der Waals surface area (Å²) in [6.07, 6.45) is -0.402. The topological polar surface area (TPSA) is 20.2 Å². The number of aliphatic hydroxyl groups excluding tert-OH is 1. The monoisotopic (exact) mass is 246 g/mol. The molecule has 0 aliphatic heterocycles. The molecule has 0 bridgehead atoms. The van der Waals surface area contributed by atoms with Gasteiger partial charge in [-0.3, -0.25) is 0 Å². The molecule has 1 rings (SSSR count). The SMILES string of the molecule is CC(C)C(O)C(C)c1cccc(Cl)c1Cl. The lowest BCUT2D eigenvalue weighted by Crippen LogP contribution is -2.22. The van der Waals surface area contributed by atoms with Crippen LogP contribution in [0.4, 0.5) is 0 Å². The highest BCUT2D eigenvalue weighted by atomic mass is 35.5. The minimum absolute atomic E-state index is 0.00352. The zero-order valence-electron chi connectivity index (χ0n) is 9.17. The van der Waals surface area contributed by atoms with Crippen LogP contribution in [-0.2, 0) is 0 Å². The molecule has 2 unspecified atom stereocenters. The summed E-state index contributed by atoms with van der Waals surface area (Å²) in [5.74, 6) is 0.200. The molecule has 0 radical (unpaired) electrons. The van der Waals surface area contributed by atoms with Crippen molar-refractivity contribution in [1.29, 1.82) is 0 Å². The second kappa shape index (κ2) is 5.20. The van der Waals surface area contributed by atoms with Gasteiger partial charge >= 0.3 is 0 Å². The van der Waals surface area contributed by atoms with Crippen LogP contribution in [0.1, 0.15) is 32.3 Å². The van der Waals surface area contributed by atoms with Gasteiger partial charge in [0.25, 0.3) is 0 Å². The van der Waals surface area contributed by atoms with Gasteiger partial charge in [0.15, 0.2) is 0 Å². The van der Waals surface area contributed by atoms with E-state index in [0.29, 0.717) is 10.0 Å². The summed E-state index contributed by atoms with van der Waals surface area (Å²) < 4.78 is 0. The molecule has 0 saturated carbocycles. The predicted molar refractivity (Wildman–Crippen MR) is 65.7 cm³/mol. The Bertz CT molecular complexity index is 336. The summed E-state index contributed by atoms with van der Waals surface area (Å²) in [7, 11) is 0. The Morgan fingerprint density at radius 1 is 1.13 bits per heavy atom. The maximum absolute atomic E-state index is 9.96. The van der Waals surface area contributed by atoms with Gasteiger partial charge < -0.3 is 5.11 Å². The summed E-state index contributed by atoms with van der Waals surface area (Å²) in [4.78, 5) is 0. The largest absolute Gasteiger partial charge is 0.392 e. The third-order valence-corrected chi connectivity index (χ3v) is 3.50. The molecule has 15 heavy (non-hydrogen) atoms. The molecule has 1 aromatic rings. The average molecular weight is 247 g/mol. The van der Waals surface area contributed by atoms with Crippen LogP contribution in [0.15, 0.2) is 18.2 Å². The maximum Gasteiger partial charge on any atom is 0.0629 e. The van der Waals surface area contributed by atoms with Gasteiger partial charge in [0.05, 0.1) is 16.1 Å². The summed E-state index contributed by atoms with van der Waals surface area (Å²) in [5, 5.41) is 11.0. The minimum Gasteiger partial charge on any atom is -0.392 e. The fraction of sp³-hybridized carbons (Fsp3) is 0.500. The van der Waals surface area contributed by atoms with E-state index in [1.54, 1.807) is 6.07 Å². The number of halogens is 2. The predicted octanol–water partition coefficient (Wildman–Crippen LogP) is 4.11. The van der Waals surface area contributed by atoms with E-state index < -0.39 is 6.10 Å². The third kappa shape index (κ3) is 2.87. The van der Waals surface area contributed by atoms with Crippen molar-refractivity contribution in [2.24, 2.45) is 5.92 Å². The Kier molecular flexibility index (Phi) is 4.45. The number of hydrogen-bond acceptors (Lipinski definition) is 1. The van der Waals surface area contributed by atoms with Crippen molar-refractivity contribution >= 4 is 23.2 Å². The molecule has 1 aromatic carbocycles. The average Bonchev–Trinajstić information content (AvgIpc) is 2.20. The Morgan fingerprint density at radius 2 is 1.73 bits per heavy atom. The van der Waals surface area contributed by atoms with Gasteiger partial charge in [0, 0.05) is 5.92 Å². The fourth-order valence-electron chi connectivity index (χ4n) is 1.63. The zero-order valence-corrected chi connectivity index (χ0v) is 10.7. The van der Waals surface area contributed by atoms with Gasteiger partial charge in [-0.2, -0.15) is 0 Å². The first kappa shape index (κ1) is 12.8. The highest BCUT2D eigenvalue weighted by Crippen LogP contribution is 2.33. The van der Waals surface area contributed by atoms with Crippen LogP contribution >= 0.6 is 23.2 Å². The normalized spacial score (nSPS) is 15.4. The molecule has 1 nitrogen and oxygen atoms in total. The lowest BCUT2D eigenvalue weighted by Gasteiger charge is -2.23. The van der Waals surface area contributed by atoms with E-state index in [0.717, 1.165) is 5.56 Å². The van der Waals surface area contributed by atoms with Gasteiger partial charge in [-0.15, -0.1) is 0 Å². The van der Waals surface area contributed by atoms with Crippen molar-refractivity contribution in [3.05, 3.63) is 33.8 Å². The number of aliphatic hydroxyl groups is 1. The molecule has 0 aliphatic carbocycles. The van der Waals surface area contributed by atoms with E-state index in [2.05, 4.69) is 0 Å². The van der Waals surface area contributed by atoms with Crippen molar-refractivity contribution in [1.82, 2.24) is 0 Å². The van der Waals surface area contributed by atoms with Gasteiger partial charge in [-0.25, -0.2) is 0 Å². The van der Waals surface area contributed by atoms with Gasteiger partial charge in [0.1, 0.15) is 0 Å². The Labute approximate surface area is 101 Å². The first-order valence-corrected chi connectivity index (χ1v) is 5.82. The number of rotatable bonds is 3. The molecule has 84 valence electrons. The minimum atomic E-state index is -0.402. The molecule has 0 heterocycles. The zero-order chi connectivity index (χ0) is 11.6. The van der Waals surface area contributed by atoms with E-state index in [-0.39, 0.29) is 11.8 Å². The van der Waals surface area contributed by atoms with E-state index in [9.17, 15) is 5.11 Å². The lowest BCUT2D eigenvalue weighted by molar-refractivity contribution is 0.102. The van der Waals surface area contributed by atoms with Crippen LogP contribution in [0.3, 0.4) is 0 Å². The summed E-state index contributed by atoms with van der Waals surface area (Å²) in [6, 6.07) is 5.51. The highest BCUT2D eigenvalue weighted by Gasteiger charge is 2.22. The van der Waals surface area contributed by atoms with Crippen molar-refractivity contribution in [3.63, 3.8) is 0 Å². The third-order valence-electron chi connectivity index (χ3n) is 2.67. The van der Waals surface area contributed by atoms with Crippen molar-refractivity contribution < 1.29 is 5.11 Å².